The number of carbonyl (C=O) groups excluding carboxylic acids is 3. The number of rotatable bonds is 10. The number of aliphatic carboxylic acids is 1. The highest BCUT2D eigenvalue weighted by molar-refractivity contribution is 5.97. The van der Waals surface area contributed by atoms with Gasteiger partial charge in [-0.2, -0.15) is 0 Å². The second kappa shape index (κ2) is 13.8. The van der Waals surface area contributed by atoms with Gasteiger partial charge in [-0.05, 0) is 70.6 Å². The monoisotopic (exact) mass is 602 g/mol. The lowest BCUT2D eigenvalue weighted by Gasteiger charge is -2.30. The molecule has 0 radical (unpaired) electrons. The third kappa shape index (κ3) is 8.39. The first-order valence-electron chi connectivity index (χ1n) is 14.2. The summed E-state index contributed by atoms with van der Waals surface area (Å²) in [4.78, 5) is 69.8. The van der Waals surface area contributed by atoms with Gasteiger partial charge in [0.2, 0.25) is 11.7 Å². The van der Waals surface area contributed by atoms with Crippen molar-refractivity contribution in [1.82, 2.24) is 14.5 Å². The number of aryl methyl sites for hydroxylation is 1. The molecule has 2 heterocycles. The minimum Gasteiger partial charge on any atom is -0.501 e. The number of halogens is 1. The largest absolute Gasteiger partial charge is 0.501 e. The normalized spacial score (nSPS) is 14.8. The van der Waals surface area contributed by atoms with Crippen LogP contribution in [0.25, 0.3) is 0 Å². The van der Waals surface area contributed by atoms with Crippen LogP contribution < -0.4 is 10.5 Å². The van der Waals surface area contributed by atoms with E-state index in [1.54, 1.807) is 20.8 Å². The third-order valence-corrected chi connectivity index (χ3v) is 7.18. The molecule has 0 bridgehead atoms. The quantitative estimate of drug-likeness (QED) is 0.380. The van der Waals surface area contributed by atoms with Crippen LogP contribution in [-0.2, 0) is 27.3 Å². The van der Waals surface area contributed by atoms with Gasteiger partial charge in [0.15, 0.2) is 11.5 Å². The average molecular weight is 603 g/mol. The molecule has 0 aliphatic carbocycles. The number of Topliss-reactive ketones (excluding diaryl/α,β-unsaturated/α-hetero) is 1. The van der Waals surface area contributed by atoms with Gasteiger partial charge in [-0.25, -0.2) is 14.2 Å². The maximum atomic E-state index is 14.1. The number of carboxylic acids is 1. The molecule has 1 atom stereocenters. The summed E-state index contributed by atoms with van der Waals surface area (Å²) in [5.41, 5.74) is -1.30. The second-order valence-electron chi connectivity index (χ2n) is 11.6. The first kappa shape index (κ1) is 33.2. The van der Waals surface area contributed by atoms with Crippen molar-refractivity contribution in [1.29, 1.82) is 0 Å². The molecule has 2 N–H and O–H groups in total. The van der Waals surface area contributed by atoms with E-state index in [2.05, 4.69) is 4.98 Å². The lowest BCUT2D eigenvalue weighted by molar-refractivity contribution is -0.137. The Kier molecular flexibility index (Phi) is 10.7. The van der Waals surface area contributed by atoms with Crippen LogP contribution in [0.15, 0.2) is 23.0 Å². The molecule has 0 saturated carbocycles. The van der Waals surface area contributed by atoms with Crippen LogP contribution in [-0.4, -0.2) is 68.1 Å². The molecule has 13 heteroatoms. The zero-order chi connectivity index (χ0) is 32.1. The van der Waals surface area contributed by atoms with E-state index >= 15 is 0 Å². The SMILES string of the molecule is CN(C(=O)CCCC(=O)O)c1cc(F)ccc1CCC(=O)c1nc2n(c(=O)c1O)CCCCC2N(C)C(=O)OC(C)(C)C. The van der Waals surface area contributed by atoms with Crippen LogP contribution >= 0.6 is 0 Å². The Morgan fingerprint density at radius 1 is 1.12 bits per heavy atom. The van der Waals surface area contributed by atoms with E-state index in [0.717, 1.165) is 6.07 Å². The molecule has 2 amide bonds. The van der Waals surface area contributed by atoms with Gasteiger partial charge in [0.25, 0.3) is 5.56 Å². The molecule has 234 valence electrons. The second-order valence-corrected chi connectivity index (χ2v) is 11.6. The van der Waals surface area contributed by atoms with E-state index in [1.807, 2.05) is 0 Å². The maximum Gasteiger partial charge on any atom is 0.410 e. The fraction of sp³-hybridized carbons (Fsp3) is 0.533. The Labute approximate surface area is 249 Å². The van der Waals surface area contributed by atoms with Crippen molar-refractivity contribution in [3.63, 3.8) is 0 Å². The first-order valence-corrected chi connectivity index (χ1v) is 14.2. The fourth-order valence-corrected chi connectivity index (χ4v) is 4.91. The van der Waals surface area contributed by atoms with Crippen LogP contribution in [0.1, 0.15) is 93.6 Å². The number of fused-ring (bicyclic) bond motifs is 1. The van der Waals surface area contributed by atoms with Gasteiger partial charge < -0.3 is 24.7 Å². The summed E-state index contributed by atoms with van der Waals surface area (Å²) in [5.74, 6) is -3.32. The van der Waals surface area contributed by atoms with Crippen LogP contribution in [0, 0.1) is 5.82 Å². The molecule has 1 aliphatic heterocycles. The van der Waals surface area contributed by atoms with Gasteiger partial charge in [0, 0.05) is 45.6 Å². The van der Waals surface area contributed by atoms with Crippen LogP contribution in [0.4, 0.5) is 14.9 Å². The number of hydrogen-bond donors (Lipinski definition) is 2. The molecule has 0 fully saturated rings. The molecule has 12 nitrogen and oxygen atoms in total. The van der Waals surface area contributed by atoms with E-state index in [-0.39, 0.29) is 50.2 Å². The number of nitrogens with zero attached hydrogens (tertiary/aromatic N) is 4. The predicted molar refractivity (Wildman–Crippen MR) is 155 cm³/mol. The van der Waals surface area contributed by atoms with Crippen molar-refractivity contribution in [2.24, 2.45) is 0 Å². The molecule has 43 heavy (non-hydrogen) atoms. The Morgan fingerprint density at radius 3 is 2.47 bits per heavy atom. The summed E-state index contributed by atoms with van der Waals surface area (Å²) >= 11 is 0. The number of amides is 2. The molecule has 1 aromatic carbocycles. The Morgan fingerprint density at radius 2 is 1.81 bits per heavy atom. The summed E-state index contributed by atoms with van der Waals surface area (Å²) in [5, 5.41) is 19.5. The molecular weight excluding hydrogens is 563 g/mol. The molecule has 3 rings (SSSR count). The zero-order valence-electron chi connectivity index (χ0n) is 25.2. The smallest absolute Gasteiger partial charge is 0.410 e. The van der Waals surface area contributed by atoms with Crippen molar-refractivity contribution in [3.05, 3.63) is 51.5 Å². The third-order valence-electron chi connectivity index (χ3n) is 7.18. The van der Waals surface area contributed by atoms with Gasteiger partial charge in [0.05, 0.1) is 6.04 Å². The number of ether oxygens (including phenoxy) is 1. The van der Waals surface area contributed by atoms with Crippen molar-refractivity contribution in [2.75, 3.05) is 19.0 Å². The topological polar surface area (TPSA) is 159 Å². The van der Waals surface area contributed by atoms with Crippen molar-refractivity contribution in [3.8, 4) is 5.75 Å². The van der Waals surface area contributed by atoms with E-state index < -0.39 is 58.2 Å². The highest BCUT2D eigenvalue weighted by atomic mass is 19.1. The maximum absolute atomic E-state index is 14.1. The zero-order valence-corrected chi connectivity index (χ0v) is 25.2. The summed E-state index contributed by atoms with van der Waals surface area (Å²) in [6.45, 7) is 5.46. The van der Waals surface area contributed by atoms with E-state index in [1.165, 1.54) is 40.6 Å². The Balaban J connectivity index is 1.88. The van der Waals surface area contributed by atoms with E-state index in [0.29, 0.717) is 24.8 Å². The summed E-state index contributed by atoms with van der Waals surface area (Å²) < 4.78 is 20.9. The number of aromatic nitrogens is 2. The lowest BCUT2D eigenvalue weighted by Crippen LogP contribution is -2.39. The van der Waals surface area contributed by atoms with Gasteiger partial charge in [-0.1, -0.05) is 6.07 Å². The van der Waals surface area contributed by atoms with Crippen LogP contribution in [0.3, 0.4) is 0 Å². The average Bonchev–Trinajstić information content (AvgIpc) is 3.14. The molecule has 1 aromatic heterocycles. The highest BCUT2D eigenvalue weighted by Gasteiger charge is 2.33. The Hall–Kier alpha value is -4.29. The minimum absolute atomic E-state index is 0.0297. The van der Waals surface area contributed by atoms with Gasteiger partial charge in [-0.3, -0.25) is 23.7 Å². The summed E-state index contributed by atoms with van der Waals surface area (Å²) in [6.07, 6.45) is 0.792. The van der Waals surface area contributed by atoms with Gasteiger partial charge in [0.1, 0.15) is 17.2 Å². The summed E-state index contributed by atoms with van der Waals surface area (Å²) in [7, 11) is 2.97. The van der Waals surface area contributed by atoms with Crippen LogP contribution in [0.2, 0.25) is 0 Å². The van der Waals surface area contributed by atoms with Crippen LogP contribution in [0.5, 0.6) is 5.75 Å². The molecular formula is C30H39FN4O8. The molecule has 2 aromatic rings. The van der Waals surface area contributed by atoms with Crippen molar-refractivity contribution >= 4 is 29.4 Å². The molecule has 0 saturated heterocycles. The standard InChI is InChI=1S/C30H39FN4O8/c1-30(2,3)43-29(42)34(5)20-9-6-7-16-35-27(20)32-25(26(40)28(35)41)22(36)15-13-18-12-14-19(31)17-21(18)33(4)23(37)10-8-11-24(38)39/h12,14,17,20,40H,6-11,13,15-16H2,1-5H3,(H,38,39). The van der Waals surface area contributed by atoms with Crippen molar-refractivity contribution < 1.29 is 38.5 Å². The lowest BCUT2D eigenvalue weighted by atomic mass is 10.0. The number of anilines is 1. The number of carbonyl (C=O) groups is 4. The molecule has 1 unspecified atom stereocenters. The van der Waals surface area contributed by atoms with Gasteiger partial charge >= 0.3 is 12.1 Å². The fourth-order valence-electron chi connectivity index (χ4n) is 4.91. The number of hydrogen-bond acceptors (Lipinski definition) is 8. The Bertz CT molecular complexity index is 1450. The first-order chi connectivity index (χ1) is 20.1. The predicted octanol–water partition coefficient (Wildman–Crippen LogP) is 4.21. The van der Waals surface area contributed by atoms with E-state index in [4.69, 9.17) is 9.84 Å². The van der Waals surface area contributed by atoms with Gasteiger partial charge in [-0.15, -0.1) is 0 Å². The molecule has 0 spiro atoms. The van der Waals surface area contributed by atoms with Crippen molar-refractivity contribution in [2.45, 2.75) is 90.3 Å². The summed E-state index contributed by atoms with van der Waals surface area (Å²) in [6, 6.07) is 3.09. The minimum atomic E-state index is -1.03. The highest BCUT2D eigenvalue weighted by Crippen LogP contribution is 2.30. The van der Waals surface area contributed by atoms with E-state index in [9.17, 15) is 33.5 Å². The molecule has 1 aliphatic rings. The number of carboxylic acid groups (broad SMARTS) is 1. The number of aromatic hydroxyl groups is 1. The number of benzene rings is 1. The number of ketones is 1.